The van der Waals surface area contributed by atoms with Gasteiger partial charge >= 0.3 is 0 Å². The second-order valence-electron chi connectivity index (χ2n) is 10.7. The van der Waals surface area contributed by atoms with Gasteiger partial charge in [-0.05, 0) is 115 Å². The zero-order valence-electron chi connectivity index (χ0n) is 27.8. The molecule has 0 spiro atoms. The lowest BCUT2D eigenvalue weighted by Crippen LogP contribution is -2.36. The van der Waals surface area contributed by atoms with E-state index in [1.54, 1.807) is 30.3 Å². The number of rotatable bonds is 9. The minimum absolute atomic E-state index is 0.0616. The van der Waals surface area contributed by atoms with Gasteiger partial charge in [-0.3, -0.25) is 14.5 Å². The molecule has 0 atom stereocenters. The van der Waals surface area contributed by atoms with E-state index in [2.05, 4.69) is 91.3 Å². The molecule has 260 valence electrons. The van der Waals surface area contributed by atoms with Crippen molar-refractivity contribution in [3.05, 3.63) is 96.7 Å². The van der Waals surface area contributed by atoms with Gasteiger partial charge in [0.15, 0.2) is 0 Å². The summed E-state index contributed by atoms with van der Waals surface area (Å²) in [6.45, 7) is 15.4. The molecule has 0 unspecified atom stereocenters. The predicted molar refractivity (Wildman–Crippen MR) is 201 cm³/mol. The van der Waals surface area contributed by atoms with Crippen LogP contribution >= 0.6 is 66.7 Å². The van der Waals surface area contributed by atoms with Gasteiger partial charge in [0.05, 0.1) is 8.95 Å². The van der Waals surface area contributed by atoms with E-state index in [1.807, 2.05) is 18.2 Å². The standard InChI is InChI=1S/C13H10BrClN2O2.C9H10O2.C8H19N.C4HBrCl2N2/c1-8(18)6-9-4-2-3-5-11(9)19-12-10(14)7-16-13(15)17-12;1-7(10)6-8-4-2-3-5-9(8)11;1-6-9(7(2)3)8(4)5;5-2-1-8-4(7)9-3(2)6/h2-5,7H,6H2,1H3;2-5,11H,6H2,1H3;7-8H,6H2,1-5H3;1H. The van der Waals surface area contributed by atoms with Crippen molar-refractivity contribution >= 4 is 78.2 Å². The fourth-order valence-corrected chi connectivity index (χ4v) is 5.00. The maximum atomic E-state index is 11.2. The zero-order valence-corrected chi connectivity index (χ0v) is 33.3. The number of hydrogen-bond acceptors (Lipinski definition) is 9. The van der Waals surface area contributed by atoms with Crippen molar-refractivity contribution < 1.29 is 19.4 Å². The lowest BCUT2D eigenvalue weighted by molar-refractivity contribution is -0.117. The fraction of sp³-hybridized carbons (Fsp3) is 0.353. The maximum absolute atomic E-state index is 11.2. The van der Waals surface area contributed by atoms with Crippen LogP contribution in [0.15, 0.2) is 69.9 Å². The molecule has 0 saturated heterocycles. The number of Topliss-reactive ketones (excluding diaryl/α,β-unsaturated/α-hetero) is 2. The van der Waals surface area contributed by atoms with Crippen molar-refractivity contribution in [1.82, 2.24) is 24.8 Å². The quantitative estimate of drug-likeness (QED) is 0.130. The summed E-state index contributed by atoms with van der Waals surface area (Å²) >= 11 is 23.1. The van der Waals surface area contributed by atoms with Crippen LogP contribution in [0.1, 0.15) is 59.6 Å². The number of para-hydroxylation sites is 2. The Morgan fingerprint density at radius 2 is 1.27 bits per heavy atom. The first kappa shape index (κ1) is 43.4. The summed E-state index contributed by atoms with van der Waals surface area (Å²) < 4.78 is 6.93. The number of phenolic OH excluding ortho intramolecular Hbond substituents is 1. The molecule has 0 aliphatic heterocycles. The van der Waals surface area contributed by atoms with Crippen molar-refractivity contribution in [2.45, 2.75) is 73.4 Å². The van der Waals surface area contributed by atoms with Gasteiger partial charge in [-0.2, -0.15) is 4.98 Å². The van der Waals surface area contributed by atoms with Crippen LogP contribution in [0.3, 0.4) is 0 Å². The summed E-state index contributed by atoms with van der Waals surface area (Å²) in [5.74, 6) is 1.22. The highest BCUT2D eigenvalue weighted by Gasteiger charge is 2.11. The average Bonchev–Trinajstić information content (AvgIpc) is 3.00. The van der Waals surface area contributed by atoms with E-state index in [-0.39, 0.29) is 27.9 Å². The molecule has 0 fully saturated rings. The van der Waals surface area contributed by atoms with Gasteiger partial charge in [-0.15, -0.1) is 0 Å². The first-order chi connectivity index (χ1) is 22.5. The second kappa shape index (κ2) is 22.9. The van der Waals surface area contributed by atoms with Crippen molar-refractivity contribution in [2.75, 3.05) is 6.54 Å². The van der Waals surface area contributed by atoms with Gasteiger partial charge in [0.1, 0.15) is 28.2 Å². The minimum Gasteiger partial charge on any atom is -0.508 e. The molecule has 0 aliphatic carbocycles. The van der Waals surface area contributed by atoms with Crippen LogP contribution in [-0.2, 0) is 22.4 Å². The first-order valence-electron chi connectivity index (χ1n) is 14.8. The van der Waals surface area contributed by atoms with Gasteiger partial charge in [0.25, 0.3) is 0 Å². The van der Waals surface area contributed by atoms with Gasteiger partial charge < -0.3 is 9.84 Å². The number of aromatic nitrogens is 4. The number of ketones is 2. The van der Waals surface area contributed by atoms with Gasteiger partial charge in [0.2, 0.25) is 16.4 Å². The molecular formula is C34H40Br2Cl3N5O4. The van der Waals surface area contributed by atoms with Crippen LogP contribution in [0.2, 0.25) is 15.7 Å². The molecule has 2 heterocycles. The number of hydrogen-bond donors (Lipinski definition) is 1. The number of halogens is 5. The van der Waals surface area contributed by atoms with Crippen molar-refractivity contribution in [2.24, 2.45) is 0 Å². The Hall–Kier alpha value is -2.67. The summed E-state index contributed by atoms with van der Waals surface area (Å²) in [6.07, 6.45) is 3.63. The van der Waals surface area contributed by atoms with Crippen LogP contribution in [0.4, 0.5) is 0 Å². The molecule has 4 aromatic rings. The Morgan fingerprint density at radius 1 is 0.792 bits per heavy atom. The van der Waals surface area contributed by atoms with Crippen LogP contribution < -0.4 is 4.74 Å². The third-order valence-corrected chi connectivity index (χ3v) is 8.10. The number of carbonyl (C=O) groups excluding carboxylic acids is 2. The van der Waals surface area contributed by atoms with E-state index < -0.39 is 0 Å². The number of benzene rings is 2. The Morgan fingerprint density at radius 3 is 1.73 bits per heavy atom. The number of nitrogens with zero attached hydrogens (tertiary/aromatic N) is 5. The monoisotopic (exact) mass is 845 g/mol. The average molecular weight is 849 g/mol. The van der Waals surface area contributed by atoms with Crippen molar-refractivity contribution in [1.29, 1.82) is 0 Å². The number of phenols is 1. The molecule has 9 nitrogen and oxygen atoms in total. The van der Waals surface area contributed by atoms with Gasteiger partial charge in [0, 0.05) is 48.4 Å². The summed E-state index contributed by atoms with van der Waals surface area (Å²) in [7, 11) is 0. The minimum atomic E-state index is 0.0616. The predicted octanol–water partition coefficient (Wildman–Crippen LogP) is 10.0. The number of aromatic hydroxyl groups is 1. The molecule has 0 bridgehead atoms. The molecule has 0 saturated carbocycles. The van der Waals surface area contributed by atoms with Crippen LogP contribution in [0, 0.1) is 0 Å². The third kappa shape index (κ3) is 17.1. The number of carbonyl (C=O) groups is 2. The van der Waals surface area contributed by atoms with E-state index in [4.69, 9.17) is 39.5 Å². The highest BCUT2D eigenvalue weighted by atomic mass is 79.9. The molecule has 0 radical (unpaired) electrons. The molecule has 48 heavy (non-hydrogen) atoms. The summed E-state index contributed by atoms with van der Waals surface area (Å²) in [5, 5.41) is 9.79. The van der Waals surface area contributed by atoms with Gasteiger partial charge in [-0.1, -0.05) is 54.9 Å². The van der Waals surface area contributed by atoms with Crippen LogP contribution in [-0.4, -0.2) is 60.1 Å². The molecule has 0 aliphatic rings. The van der Waals surface area contributed by atoms with E-state index in [0.717, 1.165) is 12.1 Å². The SMILES string of the molecule is CC(=O)Cc1ccccc1O.CC(=O)Cc1ccccc1Oc1nc(Cl)ncc1Br.CCN(C(C)C)C(C)C.Clc1ncc(Br)c(Cl)n1. The molecule has 4 rings (SSSR count). The Labute approximate surface area is 314 Å². The largest absolute Gasteiger partial charge is 0.508 e. The molecule has 0 amide bonds. The summed E-state index contributed by atoms with van der Waals surface area (Å²) in [6, 6.07) is 15.5. The van der Waals surface area contributed by atoms with E-state index in [0.29, 0.717) is 56.2 Å². The Bertz CT molecular complexity index is 1610. The van der Waals surface area contributed by atoms with Gasteiger partial charge in [-0.25, -0.2) is 15.0 Å². The van der Waals surface area contributed by atoms with Crippen LogP contribution in [0.25, 0.3) is 0 Å². The maximum Gasteiger partial charge on any atom is 0.237 e. The lowest BCUT2D eigenvalue weighted by Gasteiger charge is -2.28. The van der Waals surface area contributed by atoms with Crippen LogP contribution in [0.5, 0.6) is 17.4 Å². The third-order valence-electron chi connectivity index (χ3n) is 6.10. The highest BCUT2D eigenvalue weighted by molar-refractivity contribution is 9.10. The molecular weight excluding hydrogens is 809 g/mol. The smallest absolute Gasteiger partial charge is 0.237 e. The highest BCUT2D eigenvalue weighted by Crippen LogP contribution is 2.30. The summed E-state index contributed by atoms with van der Waals surface area (Å²) in [4.78, 5) is 39.5. The van der Waals surface area contributed by atoms with E-state index >= 15 is 0 Å². The fourth-order valence-electron chi connectivity index (χ4n) is 4.11. The topological polar surface area (TPSA) is 118 Å². The molecule has 2 aromatic heterocycles. The zero-order chi connectivity index (χ0) is 36.4. The summed E-state index contributed by atoms with van der Waals surface area (Å²) in [5.41, 5.74) is 1.50. The number of ether oxygens (including phenoxy) is 1. The van der Waals surface area contributed by atoms with Crippen molar-refractivity contribution in [3.8, 4) is 17.4 Å². The van der Waals surface area contributed by atoms with E-state index in [1.165, 1.54) is 26.2 Å². The Kier molecular flexibility index (Phi) is 20.7. The molecule has 14 heteroatoms. The first-order valence-corrected chi connectivity index (χ1v) is 17.6. The molecule has 1 N–H and O–H groups in total. The Balaban J connectivity index is 0.000000341. The molecule has 2 aromatic carbocycles. The van der Waals surface area contributed by atoms with E-state index in [9.17, 15) is 14.7 Å². The lowest BCUT2D eigenvalue weighted by atomic mass is 10.1. The second-order valence-corrected chi connectivity index (χ2v) is 13.4. The normalized spacial score (nSPS) is 10.3. The van der Waals surface area contributed by atoms with Crippen molar-refractivity contribution in [3.63, 3.8) is 0 Å².